The van der Waals surface area contributed by atoms with Crippen molar-refractivity contribution >= 4 is 33.1 Å². The van der Waals surface area contributed by atoms with Gasteiger partial charge in [0, 0.05) is 16.9 Å². The van der Waals surface area contributed by atoms with Crippen molar-refractivity contribution in [2.24, 2.45) is 0 Å². The first-order valence-corrected chi connectivity index (χ1v) is 11.2. The average Bonchev–Trinajstić information content (AvgIpc) is 3.05. The molecule has 4 nitrogen and oxygen atoms in total. The van der Waals surface area contributed by atoms with Gasteiger partial charge in [-0.25, -0.2) is 4.98 Å². The van der Waals surface area contributed by atoms with Gasteiger partial charge in [-0.1, -0.05) is 54.4 Å². The molecule has 0 aliphatic heterocycles. The van der Waals surface area contributed by atoms with Crippen molar-refractivity contribution in [1.29, 1.82) is 0 Å². The third kappa shape index (κ3) is 4.76. The lowest BCUT2D eigenvalue weighted by Crippen LogP contribution is -2.10. The molecule has 0 amide bonds. The highest BCUT2D eigenvalue weighted by atomic mass is 35.5. The summed E-state index contributed by atoms with van der Waals surface area (Å²) in [4.78, 5) is 5.95. The Bertz CT molecular complexity index is 1030. The first-order chi connectivity index (χ1) is 12.9. The number of hydrogen-bond acceptors (Lipinski definition) is 5. The van der Waals surface area contributed by atoms with E-state index in [2.05, 4.69) is 11.9 Å². The summed E-state index contributed by atoms with van der Waals surface area (Å²) < 4.78 is 29.8. The molecule has 0 spiro atoms. The minimum Gasteiger partial charge on any atom is -0.266 e. The van der Waals surface area contributed by atoms with Gasteiger partial charge in [0.1, 0.15) is 5.01 Å². The molecule has 142 valence electrons. The fraction of sp³-hybridized carbons (Fsp3) is 0.250. The van der Waals surface area contributed by atoms with Gasteiger partial charge in [0.25, 0.3) is 10.1 Å². The van der Waals surface area contributed by atoms with Crippen molar-refractivity contribution < 1.29 is 12.6 Å². The van der Waals surface area contributed by atoms with E-state index < -0.39 is 10.1 Å². The van der Waals surface area contributed by atoms with E-state index in [-0.39, 0.29) is 11.5 Å². The lowest BCUT2D eigenvalue weighted by Gasteiger charge is -2.06. The predicted octanol–water partition coefficient (Wildman–Crippen LogP) is 5.28. The number of hydrogen-bond donors (Lipinski definition) is 0. The normalized spacial score (nSPS) is 11.7. The Balaban J connectivity index is 1.73. The van der Waals surface area contributed by atoms with E-state index in [1.54, 1.807) is 35.6 Å². The highest BCUT2D eigenvalue weighted by Crippen LogP contribution is 2.33. The van der Waals surface area contributed by atoms with Gasteiger partial charge >= 0.3 is 0 Å². The van der Waals surface area contributed by atoms with Crippen molar-refractivity contribution in [2.45, 2.75) is 31.6 Å². The van der Waals surface area contributed by atoms with Gasteiger partial charge < -0.3 is 0 Å². The maximum atomic E-state index is 12.3. The zero-order chi connectivity index (χ0) is 19.4. The summed E-state index contributed by atoms with van der Waals surface area (Å²) >= 11 is 7.85. The summed E-state index contributed by atoms with van der Waals surface area (Å²) in [6.45, 7) is 4.01. The molecule has 1 heterocycles. The van der Waals surface area contributed by atoms with E-state index in [9.17, 15) is 8.42 Å². The summed E-state index contributed by atoms with van der Waals surface area (Å²) in [7, 11) is -3.76. The molecule has 3 rings (SSSR count). The number of aromatic nitrogens is 1. The molecule has 0 aliphatic carbocycles. The van der Waals surface area contributed by atoms with Crippen molar-refractivity contribution in [3.63, 3.8) is 0 Å². The second-order valence-corrected chi connectivity index (χ2v) is 9.17. The van der Waals surface area contributed by atoms with Gasteiger partial charge in [0.05, 0.1) is 22.2 Å². The minimum atomic E-state index is -3.76. The first-order valence-electron chi connectivity index (χ1n) is 8.60. The monoisotopic (exact) mass is 421 g/mol. The molecule has 0 aliphatic rings. The molecular formula is C20H20ClNO3S2. The molecule has 1 aromatic heterocycles. The fourth-order valence-electron chi connectivity index (χ4n) is 2.63. The topological polar surface area (TPSA) is 56.3 Å². The maximum Gasteiger partial charge on any atom is 0.296 e. The summed E-state index contributed by atoms with van der Waals surface area (Å²) in [6.07, 6.45) is 1.25. The molecule has 2 aromatic carbocycles. The van der Waals surface area contributed by atoms with E-state index in [1.165, 1.54) is 0 Å². The van der Waals surface area contributed by atoms with Crippen LogP contribution in [0.2, 0.25) is 5.02 Å². The van der Waals surface area contributed by atoms with Crippen LogP contribution in [0.25, 0.3) is 10.6 Å². The van der Waals surface area contributed by atoms with Crippen LogP contribution in [0.15, 0.2) is 53.4 Å². The molecule has 0 fully saturated rings. The zero-order valence-electron chi connectivity index (χ0n) is 15.1. The van der Waals surface area contributed by atoms with Crippen LogP contribution in [-0.2, 0) is 27.1 Å². The highest BCUT2D eigenvalue weighted by molar-refractivity contribution is 7.86. The van der Waals surface area contributed by atoms with Crippen LogP contribution in [-0.4, -0.2) is 20.0 Å². The number of thiazole rings is 1. The average molecular weight is 422 g/mol. The summed E-state index contributed by atoms with van der Waals surface area (Å²) in [6, 6.07) is 14.2. The highest BCUT2D eigenvalue weighted by Gasteiger charge is 2.17. The molecule has 7 heteroatoms. The zero-order valence-corrected chi connectivity index (χ0v) is 17.5. The smallest absolute Gasteiger partial charge is 0.266 e. The predicted molar refractivity (Wildman–Crippen MR) is 110 cm³/mol. The Morgan fingerprint density at radius 2 is 1.81 bits per heavy atom. The van der Waals surface area contributed by atoms with Crippen LogP contribution >= 0.6 is 22.9 Å². The van der Waals surface area contributed by atoms with Crippen molar-refractivity contribution in [3.05, 3.63) is 69.7 Å². The van der Waals surface area contributed by atoms with Gasteiger partial charge in [-0.15, -0.1) is 11.3 Å². The van der Waals surface area contributed by atoms with Crippen LogP contribution in [0.1, 0.15) is 23.1 Å². The van der Waals surface area contributed by atoms with Crippen molar-refractivity contribution in [3.8, 4) is 10.6 Å². The number of rotatable bonds is 7. The largest absolute Gasteiger partial charge is 0.296 e. The second kappa shape index (κ2) is 8.52. The molecule has 0 saturated carbocycles. The van der Waals surface area contributed by atoms with Crippen LogP contribution in [0.5, 0.6) is 0 Å². The molecule has 0 radical (unpaired) electrons. The SMILES string of the molecule is CCc1sc(-c2ccccc2Cl)nc1CCOS(=O)(=O)c1ccc(C)cc1. The van der Waals surface area contributed by atoms with E-state index in [1.807, 2.05) is 31.2 Å². The number of nitrogens with zero attached hydrogens (tertiary/aromatic N) is 1. The van der Waals surface area contributed by atoms with Crippen molar-refractivity contribution in [2.75, 3.05) is 6.61 Å². The molecule has 0 saturated heterocycles. The number of benzene rings is 2. The molecular weight excluding hydrogens is 402 g/mol. The molecule has 3 aromatic rings. The third-order valence-corrected chi connectivity index (χ3v) is 7.02. The standard InChI is InChI=1S/C20H20ClNO3S2/c1-3-19-18(22-20(26-19)16-6-4-5-7-17(16)21)12-13-25-27(23,24)15-10-8-14(2)9-11-15/h4-11H,3,12-13H2,1-2H3. The Morgan fingerprint density at radius 3 is 2.48 bits per heavy atom. The van der Waals surface area contributed by atoms with Crippen LogP contribution < -0.4 is 0 Å². The minimum absolute atomic E-state index is 0.0505. The quantitative estimate of drug-likeness (QED) is 0.487. The van der Waals surface area contributed by atoms with Crippen LogP contribution in [0.3, 0.4) is 0 Å². The lowest BCUT2D eigenvalue weighted by atomic mass is 10.2. The van der Waals surface area contributed by atoms with E-state index in [4.69, 9.17) is 15.8 Å². The Kier molecular flexibility index (Phi) is 6.32. The molecule has 0 N–H and O–H groups in total. The van der Waals surface area contributed by atoms with Gasteiger partial charge in [-0.3, -0.25) is 4.18 Å². The third-order valence-electron chi connectivity index (χ3n) is 4.09. The lowest BCUT2D eigenvalue weighted by molar-refractivity contribution is 0.321. The first kappa shape index (κ1) is 20.0. The Hall–Kier alpha value is -1.73. The maximum absolute atomic E-state index is 12.3. The Morgan fingerprint density at radius 1 is 1.11 bits per heavy atom. The van der Waals surface area contributed by atoms with Crippen LogP contribution in [0.4, 0.5) is 0 Å². The summed E-state index contributed by atoms with van der Waals surface area (Å²) in [5, 5.41) is 1.49. The van der Waals surface area contributed by atoms with Crippen LogP contribution in [0, 0.1) is 6.92 Å². The van der Waals surface area contributed by atoms with E-state index >= 15 is 0 Å². The summed E-state index contributed by atoms with van der Waals surface area (Å²) in [5.74, 6) is 0. The number of halogens is 1. The van der Waals surface area contributed by atoms with Crippen molar-refractivity contribution in [1.82, 2.24) is 4.98 Å². The van der Waals surface area contributed by atoms with Gasteiger partial charge in [0.15, 0.2) is 0 Å². The van der Waals surface area contributed by atoms with Gasteiger partial charge in [0.2, 0.25) is 0 Å². The summed E-state index contributed by atoms with van der Waals surface area (Å²) in [5.41, 5.74) is 2.74. The number of aryl methyl sites for hydroxylation is 2. The van der Waals surface area contributed by atoms with Gasteiger partial charge in [-0.05, 0) is 31.5 Å². The fourth-order valence-corrected chi connectivity index (χ4v) is 4.90. The Labute approximate surface area is 168 Å². The molecule has 0 atom stereocenters. The second-order valence-electron chi connectivity index (χ2n) is 6.06. The molecule has 0 bridgehead atoms. The van der Waals surface area contributed by atoms with E-state index in [0.717, 1.165) is 33.1 Å². The molecule has 27 heavy (non-hydrogen) atoms. The van der Waals surface area contributed by atoms with Gasteiger partial charge in [-0.2, -0.15) is 8.42 Å². The van der Waals surface area contributed by atoms with E-state index in [0.29, 0.717) is 11.4 Å². The molecule has 0 unspecified atom stereocenters.